The molecule has 0 bridgehead atoms. The summed E-state index contributed by atoms with van der Waals surface area (Å²) < 4.78 is 78.0. The van der Waals surface area contributed by atoms with Crippen LogP contribution in [0.4, 0.5) is 26.3 Å². The molecule has 0 aliphatic carbocycles. The summed E-state index contributed by atoms with van der Waals surface area (Å²) in [5.41, 5.74) is -3.85. The van der Waals surface area contributed by atoms with Crippen molar-refractivity contribution in [1.29, 1.82) is 0 Å². The highest BCUT2D eigenvalue weighted by Gasteiger charge is 2.40. The molecular weight excluding hydrogens is 318 g/mol. The summed E-state index contributed by atoms with van der Waals surface area (Å²) in [5.74, 6) is 0. The summed E-state index contributed by atoms with van der Waals surface area (Å²) in [6.45, 7) is 0. The highest BCUT2D eigenvalue weighted by atomic mass is 35.5. The minimum absolute atomic E-state index is 0.0533. The first-order valence-corrected chi connectivity index (χ1v) is 6.02. The van der Waals surface area contributed by atoms with Crippen LogP contribution in [0.15, 0.2) is 42.5 Å². The molecule has 0 aromatic heterocycles. The van der Waals surface area contributed by atoms with Crippen molar-refractivity contribution in [2.24, 2.45) is 0 Å². The van der Waals surface area contributed by atoms with Gasteiger partial charge in [0.1, 0.15) is 0 Å². The first-order chi connectivity index (χ1) is 9.60. The Balaban J connectivity index is 2.83. The zero-order chi connectivity index (χ0) is 15.8. The van der Waals surface area contributed by atoms with Crippen LogP contribution in [-0.4, -0.2) is 0 Å². The molecule has 0 saturated carbocycles. The Labute approximate surface area is 121 Å². The number of halogens is 7. The molecule has 0 radical (unpaired) electrons. The fourth-order valence-corrected chi connectivity index (χ4v) is 2.17. The minimum atomic E-state index is -4.90. The van der Waals surface area contributed by atoms with Gasteiger partial charge in [0.25, 0.3) is 0 Å². The molecule has 7 heteroatoms. The highest BCUT2D eigenvalue weighted by molar-refractivity contribution is 6.30. The van der Waals surface area contributed by atoms with E-state index >= 15 is 0 Å². The Morgan fingerprint density at radius 3 is 1.62 bits per heavy atom. The van der Waals surface area contributed by atoms with Gasteiger partial charge in [-0.1, -0.05) is 29.8 Å². The zero-order valence-corrected chi connectivity index (χ0v) is 10.9. The summed E-state index contributed by atoms with van der Waals surface area (Å²) >= 11 is 5.67. The number of hydrogen-bond acceptors (Lipinski definition) is 0. The lowest BCUT2D eigenvalue weighted by Gasteiger charge is -2.19. The normalized spacial score (nSPS) is 12.5. The second-order valence-electron chi connectivity index (χ2n) is 4.23. The van der Waals surface area contributed by atoms with Gasteiger partial charge in [-0.3, -0.25) is 0 Å². The predicted molar refractivity (Wildman–Crippen MR) is 66.9 cm³/mol. The summed E-state index contributed by atoms with van der Waals surface area (Å²) in [6, 6.07) is 6.86. The van der Waals surface area contributed by atoms with E-state index < -0.39 is 29.0 Å². The van der Waals surface area contributed by atoms with Gasteiger partial charge in [-0.2, -0.15) is 26.3 Å². The van der Waals surface area contributed by atoms with Crippen LogP contribution in [0, 0.1) is 0 Å². The van der Waals surface area contributed by atoms with Crippen molar-refractivity contribution in [1.82, 2.24) is 0 Å². The standard InChI is InChI=1S/C14H7ClF6/c15-9-4-1-3-8(7-9)12-10(13(16,17)18)5-2-6-11(12)14(19,20)21/h1-7H. The smallest absolute Gasteiger partial charge is 0.166 e. The molecule has 0 saturated heterocycles. The topological polar surface area (TPSA) is 0 Å². The van der Waals surface area contributed by atoms with Gasteiger partial charge < -0.3 is 0 Å². The highest BCUT2D eigenvalue weighted by Crippen LogP contribution is 2.44. The van der Waals surface area contributed by atoms with Gasteiger partial charge in [-0.25, -0.2) is 0 Å². The summed E-state index contributed by atoms with van der Waals surface area (Å²) in [6.07, 6.45) is -9.81. The minimum Gasteiger partial charge on any atom is -0.166 e. The average Bonchev–Trinajstić information content (AvgIpc) is 2.36. The van der Waals surface area contributed by atoms with Crippen molar-refractivity contribution in [3.8, 4) is 11.1 Å². The lowest BCUT2D eigenvalue weighted by Crippen LogP contribution is -2.14. The monoisotopic (exact) mass is 324 g/mol. The zero-order valence-electron chi connectivity index (χ0n) is 10.2. The van der Waals surface area contributed by atoms with E-state index in [0.717, 1.165) is 18.2 Å². The van der Waals surface area contributed by atoms with E-state index in [2.05, 4.69) is 0 Å². The molecule has 112 valence electrons. The second kappa shape index (κ2) is 5.26. The molecule has 0 spiro atoms. The molecule has 0 nitrogen and oxygen atoms in total. The molecule has 0 unspecified atom stereocenters. The maximum atomic E-state index is 13.0. The summed E-state index contributed by atoms with van der Waals surface area (Å²) in [4.78, 5) is 0. The van der Waals surface area contributed by atoms with Crippen LogP contribution in [0.3, 0.4) is 0 Å². The number of rotatable bonds is 1. The number of hydrogen-bond donors (Lipinski definition) is 0. The van der Waals surface area contributed by atoms with Crippen LogP contribution < -0.4 is 0 Å². The van der Waals surface area contributed by atoms with Crippen LogP contribution in [0.25, 0.3) is 11.1 Å². The van der Waals surface area contributed by atoms with Crippen molar-refractivity contribution < 1.29 is 26.3 Å². The molecule has 0 aliphatic heterocycles. The first-order valence-electron chi connectivity index (χ1n) is 5.64. The second-order valence-corrected chi connectivity index (χ2v) is 4.67. The van der Waals surface area contributed by atoms with Gasteiger partial charge in [0, 0.05) is 10.6 Å². The maximum absolute atomic E-state index is 13.0. The fraction of sp³-hybridized carbons (Fsp3) is 0.143. The molecule has 2 rings (SSSR count). The van der Waals surface area contributed by atoms with E-state index in [9.17, 15) is 26.3 Å². The molecule has 0 fully saturated rings. The van der Waals surface area contributed by atoms with Crippen molar-refractivity contribution in [2.75, 3.05) is 0 Å². The van der Waals surface area contributed by atoms with E-state index in [1.807, 2.05) is 0 Å². The molecule has 2 aromatic carbocycles. The molecule has 0 N–H and O–H groups in total. The van der Waals surface area contributed by atoms with E-state index in [1.54, 1.807) is 0 Å². The molecule has 0 aliphatic rings. The van der Waals surface area contributed by atoms with E-state index in [0.29, 0.717) is 12.1 Å². The van der Waals surface area contributed by atoms with Crippen molar-refractivity contribution in [3.63, 3.8) is 0 Å². The van der Waals surface area contributed by atoms with E-state index in [-0.39, 0.29) is 10.6 Å². The number of alkyl halides is 6. The molecule has 0 atom stereocenters. The van der Waals surface area contributed by atoms with Crippen LogP contribution in [0.1, 0.15) is 11.1 Å². The fourth-order valence-electron chi connectivity index (χ4n) is 1.98. The van der Waals surface area contributed by atoms with Gasteiger partial charge in [0.2, 0.25) is 0 Å². The van der Waals surface area contributed by atoms with Crippen LogP contribution >= 0.6 is 11.6 Å². The molecule has 0 heterocycles. The molecule has 21 heavy (non-hydrogen) atoms. The van der Waals surface area contributed by atoms with Gasteiger partial charge in [0.05, 0.1) is 11.1 Å². The number of benzene rings is 2. The van der Waals surface area contributed by atoms with Gasteiger partial charge in [-0.15, -0.1) is 0 Å². The third kappa shape index (κ3) is 3.32. The SMILES string of the molecule is FC(F)(F)c1cccc(C(F)(F)F)c1-c1cccc(Cl)c1. The molecule has 2 aromatic rings. The Bertz CT molecular complexity index is 625. The van der Waals surface area contributed by atoms with Crippen molar-refractivity contribution in [2.45, 2.75) is 12.4 Å². The third-order valence-corrected chi connectivity index (χ3v) is 3.02. The lowest BCUT2D eigenvalue weighted by molar-refractivity contribution is -0.142. The van der Waals surface area contributed by atoms with E-state index in [1.165, 1.54) is 12.1 Å². The first kappa shape index (κ1) is 15.7. The van der Waals surface area contributed by atoms with E-state index in [4.69, 9.17) is 11.6 Å². The summed E-state index contributed by atoms with van der Waals surface area (Å²) in [5, 5.41) is 0.0533. The maximum Gasteiger partial charge on any atom is 0.417 e. The Morgan fingerprint density at radius 2 is 1.19 bits per heavy atom. The van der Waals surface area contributed by atoms with Gasteiger partial charge >= 0.3 is 12.4 Å². The molecule has 0 amide bonds. The van der Waals surface area contributed by atoms with Crippen LogP contribution in [0.2, 0.25) is 5.02 Å². The third-order valence-electron chi connectivity index (χ3n) is 2.79. The summed E-state index contributed by atoms with van der Waals surface area (Å²) in [7, 11) is 0. The Kier molecular flexibility index (Phi) is 3.93. The van der Waals surface area contributed by atoms with Crippen molar-refractivity contribution in [3.05, 3.63) is 58.6 Å². The van der Waals surface area contributed by atoms with Crippen LogP contribution in [-0.2, 0) is 12.4 Å². The van der Waals surface area contributed by atoms with Crippen molar-refractivity contribution >= 4 is 11.6 Å². The molecular formula is C14H7ClF6. The Morgan fingerprint density at radius 1 is 0.714 bits per heavy atom. The van der Waals surface area contributed by atoms with Crippen LogP contribution in [0.5, 0.6) is 0 Å². The largest absolute Gasteiger partial charge is 0.417 e. The quantitative estimate of drug-likeness (QED) is 0.561. The van der Waals surface area contributed by atoms with Gasteiger partial charge in [0.15, 0.2) is 0 Å². The average molecular weight is 325 g/mol. The predicted octanol–water partition coefficient (Wildman–Crippen LogP) is 6.04. The Hall–Kier alpha value is -1.69. The van der Waals surface area contributed by atoms with Gasteiger partial charge in [-0.05, 0) is 29.8 Å². The lowest BCUT2D eigenvalue weighted by atomic mass is 9.93.